The first kappa shape index (κ1) is 12.0. The van der Waals surface area contributed by atoms with Crippen molar-refractivity contribution in [2.75, 3.05) is 6.54 Å². The summed E-state index contributed by atoms with van der Waals surface area (Å²) in [6.07, 6.45) is 0.289. The Labute approximate surface area is 90.9 Å². The summed E-state index contributed by atoms with van der Waals surface area (Å²) in [5.41, 5.74) is 6.26. The largest absolute Gasteiger partial charge is 0.491 e. The molecule has 1 atom stereocenters. The molecule has 0 spiro atoms. The molecule has 3 N–H and O–H groups in total. The highest BCUT2D eigenvalue weighted by Crippen LogP contribution is 2.20. The standard InChI is InChI=1S/C12H19NO2/c1-9(2)15-11-5-3-10(4-6-11)12(14)7-8-13/h3-6,9,12,14H,7-8,13H2,1-2H3. The topological polar surface area (TPSA) is 55.5 Å². The van der Waals surface area contributed by atoms with Crippen LogP contribution >= 0.6 is 0 Å². The van der Waals surface area contributed by atoms with E-state index in [2.05, 4.69) is 0 Å². The second-order valence-corrected chi connectivity index (χ2v) is 3.83. The first-order valence-corrected chi connectivity index (χ1v) is 5.28. The molecule has 3 nitrogen and oxygen atoms in total. The minimum absolute atomic E-state index is 0.171. The summed E-state index contributed by atoms with van der Waals surface area (Å²) >= 11 is 0. The molecule has 0 aliphatic heterocycles. The van der Waals surface area contributed by atoms with Crippen LogP contribution in [-0.2, 0) is 0 Å². The lowest BCUT2D eigenvalue weighted by atomic mass is 10.1. The molecule has 1 aromatic carbocycles. The molecule has 3 heteroatoms. The Kier molecular flexibility index (Phi) is 4.59. The number of aliphatic hydroxyl groups excluding tert-OH is 1. The van der Waals surface area contributed by atoms with Gasteiger partial charge >= 0.3 is 0 Å². The molecular weight excluding hydrogens is 190 g/mol. The summed E-state index contributed by atoms with van der Waals surface area (Å²) in [5.74, 6) is 0.827. The third kappa shape index (κ3) is 3.90. The van der Waals surface area contributed by atoms with Gasteiger partial charge in [-0.05, 0) is 44.5 Å². The van der Waals surface area contributed by atoms with Crippen molar-refractivity contribution >= 4 is 0 Å². The lowest BCUT2D eigenvalue weighted by Gasteiger charge is -2.12. The van der Waals surface area contributed by atoms with E-state index in [1.54, 1.807) is 0 Å². The van der Waals surface area contributed by atoms with Crippen LogP contribution in [0.2, 0.25) is 0 Å². The zero-order valence-corrected chi connectivity index (χ0v) is 9.31. The third-order valence-corrected chi connectivity index (χ3v) is 2.08. The zero-order chi connectivity index (χ0) is 11.3. The van der Waals surface area contributed by atoms with Crippen molar-refractivity contribution in [2.24, 2.45) is 5.73 Å². The Balaban J connectivity index is 2.63. The molecule has 84 valence electrons. The van der Waals surface area contributed by atoms with E-state index in [0.29, 0.717) is 13.0 Å². The van der Waals surface area contributed by atoms with Gasteiger partial charge in [-0.25, -0.2) is 0 Å². The Morgan fingerprint density at radius 2 is 1.87 bits per heavy atom. The number of nitrogens with two attached hydrogens (primary N) is 1. The molecule has 0 saturated heterocycles. The second kappa shape index (κ2) is 5.73. The van der Waals surface area contributed by atoms with E-state index in [1.807, 2.05) is 38.1 Å². The van der Waals surface area contributed by atoms with Crippen molar-refractivity contribution < 1.29 is 9.84 Å². The molecule has 1 aromatic rings. The van der Waals surface area contributed by atoms with Gasteiger partial charge in [0, 0.05) is 0 Å². The van der Waals surface area contributed by atoms with Crippen molar-refractivity contribution in [1.29, 1.82) is 0 Å². The predicted octanol–water partition coefficient (Wildman–Crippen LogP) is 1.86. The van der Waals surface area contributed by atoms with E-state index in [4.69, 9.17) is 10.5 Å². The van der Waals surface area contributed by atoms with E-state index in [9.17, 15) is 5.11 Å². The Bertz CT molecular complexity index is 282. The van der Waals surface area contributed by atoms with Crippen molar-refractivity contribution in [2.45, 2.75) is 32.5 Å². The van der Waals surface area contributed by atoms with Crippen LogP contribution in [0.1, 0.15) is 31.9 Å². The lowest BCUT2D eigenvalue weighted by Crippen LogP contribution is -2.07. The van der Waals surface area contributed by atoms with Crippen LogP contribution in [0, 0.1) is 0 Å². The van der Waals surface area contributed by atoms with Crippen LogP contribution in [0.3, 0.4) is 0 Å². The maximum Gasteiger partial charge on any atom is 0.119 e. The van der Waals surface area contributed by atoms with Crippen LogP contribution < -0.4 is 10.5 Å². The number of rotatable bonds is 5. The minimum atomic E-state index is -0.469. The van der Waals surface area contributed by atoms with Gasteiger partial charge < -0.3 is 15.6 Å². The zero-order valence-electron chi connectivity index (χ0n) is 9.31. The third-order valence-electron chi connectivity index (χ3n) is 2.08. The fourth-order valence-corrected chi connectivity index (χ4v) is 1.37. The number of hydrogen-bond acceptors (Lipinski definition) is 3. The molecule has 0 aromatic heterocycles. The van der Waals surface area contributed by atoms with E-state index < -0.39 is 6.10 Å². The molecule has 15 heavy (non-hydrogen) atoms. The molecule has 1 rings (SSSR count). The van der Waals surface area contributed by atoms with Crippen molar-refractivity contribution in [1.82, 2.24) is 0 Å². The minimum Gasteiger partial charge on any atom is -0.491 e. The smallest absolute Gasteiger partial charge is 0.119 e. The summed E-state index contributed by atoms with van der Waals surface area (Å²) in [6, 6.07) is 7.49. The first-order valence-electron chi connectivity index (χ1n) is 5.28. The van der Waals surface area contributed by atoms with Gasteiger partial charge in [0.2, 0.25) is 0 Å². The van der Waals surface area contributed by atoms with Crippen LogP contribution in [0.15, 0.2) is 24.3 Å². The maximum absolute atomic E-state index is 9.67. The summed E-state index contributed by atoms with van der Waals surface area (Å²) < 4.78 is 5.50. The summed E-state index contributed by atoms with van der Waals surface area (Å²) in [4.78, 5) is 0. The van der Waals surface area contributed by atoms with Crippen molar-refractivity contribution in [3.63, 3.8) is 0 Å². The molecule has 0 aliphatic carbocycles. The number of hydrogen-bond donors (Lipinski definition) is 2. The van der Waals surface area contributed by atoms with Crippen LogP contribution in [0.4, 0.5) is 0 Å². The van der Waals surface area contributed by atoms with Gasteiger partial charge in [-0.15, -0.1) is 0 Å². The van der Waals surface area contributed by atoms with Gasteiger partial charge in [0.25, 0.3) is 0 Å². The monoisotopic (exact) mass is 209 g/mol. The van der Waals surface area contributed by atoms with Gasteiger partial charge in [0.15, 0.2) is 0 Å². The van der Waals surface area contributed by atoms with Gasteiger partial charge in [-0.1, -0.05) is 12.1 Å². The average molecular weight is 209 g/mol. The highest BCUT2D eigenvalue weighted by atomic mass is 16.5. The van der Waals surface area contributed by atoms with E-state index in [1.165, 1.54) is 0 Å². The van der Waals surface area contributed by atoms with Gasteiger partial charge in [-0.2, -0.15) is 0 Å². The molecular formula is C12H19NO2. The fraction of sp³-hybridized carbons (Fsp3) is 0.500. The molecule has 0 aliphatic rings. The van der Waals surface area contributed by atoms with E-state index in [-0.39, 0.29) is 6.10 Å². The molecule has 0 saturated carbocycles. The van der Waals surface area contributed by atoms with E-state index in [0.717, 1.165) is 11.3 Å². The summed E-state index contributed by atoms with van der Waals surface area (Å²) in [6.45, 7) is 4.46. The van der Waals surface area contributed by atoms with Crippen molar-refractivity contribution in [3.8, 4) is 5.75 Å². The van der Waals surface area contributed by atoms with E-state index >= 15 is 0 Å². The summed E-state index contributed by atoms with van der Waals surface area (Å²) in [5, 5.41) is 9.67. The molecule has 0 heterocycles. The predicted molar refractivity (Wildman–Crippen MR) is 60.8 cm³/mol. The normalized spacial score (nSPS) is 12.9. The Morgan fingerprint density at radius 1 is 1.27 bits per heavy atom. The van der Waals surface area contributed by atoms with Gasteiger partial charge in [0.1, 0.15) is 5.75 Å². The molecule has 0 amide bonds. The SMILES string of the molecule is CC(C)Oc1ccc(C(O)CCN)cc1. The Hall–Kier alpha value is -1.06. The van der Waals surface area contributed by atoms with Crippen LogP contribution in [-0.4, -0.2) is 17.8 Å². The highest BCUT2D eigenvalue weighted by molar-refractivity contribution is 5.28. The fourth-order valence-electron chi connectivity index (χ4n) is 1.37. The van der Waals surface area contributed by atoms with Gasteiger partial charge in [0.05, 0.1) is 12.2 Å². The Morgan fingerprint density at radius 3 is 2.33 bits per heavy atom. The van der Waals surface area contributed by atoms with Crippen LogP contribution in [0.5, 0.6) is 5.75 Å². The number of ether oxygens (including phenoxy) is 1. The average Bonchev–Trinajstić information content (AvgIpc) is 2.18. The quantitative estimate of drug-likeness (QED) is 0.778. The number of aliphatic hydroxyl groups is 1. The van der Waals surface area contributed by atoms with Crippen molar-refractivity contribution in [3.05, 3.63) is 29.8 Å². The maximum atomic E-state index is 9.67. The molecule has 1 unspecified atom stereocenters. The second-order valence-electron chi connectivity index (χ2n) is 3.83. The number of benzene rings is 1. The first-order chi connectivity index (χ1) is 7.13. The van der Waals surface area contributed by atoms with Gasteiger partial charge in [-0.3, -0.25) is 0 Å². The van der Waals surface area contributed by atoms with Crippen LogP contribution in [0.25, 0.3) is 0 Å². The molecule has 0 bridgehead atoms. The lowest BCUT2D eigenvalue weighted by molar-refractivity contribution is 0.170. The summed E-state index contributed by atoms with van der Waals surface area (Å²) in [7, 11) is 0. The molecule has 0 fully saturated rings. The molecule has 0 radical (unpaired) electrons. The highest BCUT2D eigenvalue weighted by Gasteiger charge is 2.06.